The number of nitriles is 1. The number of piperazine rings is 1. The molecule has 0 atom stereocenters. The Morgan fingerprint density at radius 1 is 1.14 bits per heavy atom. The number of pyridine rings is 1. The van der Waals surface area contributed by atoms with Gasteiger partial charge in [-0.05, 0) is 63.0 Å². The molecule has 1 saturated heterocycles. The summed E-state index contributed by atoms with van der Waals surface area (Å²) in [6, 6.07) is 7.55. The van der Waals surface area contributed by atoms with E-state index >= 15 is 0 Å². The first kappa shape index (κ1) is 26.3. The molecule has 11 heteroatoms. The third-order valence-electron chi connectivity index (χ3n) is 6.23. The van der Waals surface area contributed by atoms with Crippen LogP contribution in [0, 0.1) is 11.3 Å². The summed E-state index contributed by atoms with van der Waals surface area (Å²) in [5.74, 6) is 2.32. The molecule has 1 N–H and O–H groups in total. The lowest BCUT2D eigenvalue weighted by Gasteiger charge is -2.35. The lowest BCUT2D eigenvalue weighted by Crippen LogP contribution is -2.50. The van der Waals surface area contributed by atoms with Gasteiger partial charge in [0, 0.05) is 44.5 Å². The second kappa shape index (κ2) is 11.1. The molecule has 2 aliphatic rings. The van der Waals surface area contributed by atoms with Crippen LogP contribution in [0.3, 0.4) is 0 Å². The Bertz CT molecular complexity index is 1380. The van der Waals surface area contributed by atoms with Crippen LogP contribution in [0.1, 0.15) is 34.1 Å². The molecule has 194 valence electrons. The van der Waals surface area contributed by atoms with E-state index in [2.05, 4.69) is 31.2 Å². The molecule has 10 nitrogen and oxygen atoms in total. The standard InChI is InChI=1S/C26H31N7O3S/c1-18(2)37(34,35)33-13-11-32(12-14-33)23-6-5-22(17-29-23)30-26-28-10-8-24(31-26)36-25-19(3)15-21(7-9-27)16-20(25)4/h5-8,10,15,17-18H,11-14,16H2,1-4H3,(H,28,30,31)/b21-7+. The lowest BCUT2D eigenvalue weighted by atomic mass is 9.95. The van der Waals surface area contributed by atoms with Crippen molar-refractivity contribution < 1.29 is 13.2 Å². The van der Waals surface area contributed by atoms with Gasteiger partial charge in [-0.1, -0.05) is 6.08 Å². The van der Waals surface area contributed by atoms with Gasteiger partial charge in [0.05, 0.1) is 23.2 Å². The van der Waals surface area contributed by atoms with Crippen molar-refractivity contribution in [3.63, 3.8) is 0 Å². The molecule has 1 aliphatic heterocycles. The van der Waals surface area contributed by atoms with Gasteiger partial charge >= 0.3 is 0 Å². The second-order valence-corrected chi connectivity index (χ2v) is 11.8. The summed E-state index contributed by atoms with van der Waals surface area (Å²) in [4.78, 5) is 15.4. The van der Waals surface area contributed by atoms with Crippen molar-refractivity contribution in [3.8, 4) is 11.9 Å². The summed E-state index contributed by atoms with van der Waals surface area (Å²) in [7, 11) is -3.24. The second-order valence-electron chi connectivity index (χ2n) is 9.29. The SMILES string of the molecule is CC1=C/C(=C\C#N)CC(C)=C1Oc1ccnc(Nc2ccc(N3CCN(S(=O)(=O)C(C)C)CC3)nc2)n1. The molecule has 1 fully saturated rings. The van der Waals surface area contributed by atoms with Crippen molar-refractivity contribution >= 4 is 27.5 Å². The summed E-state index contributed by atoms with van der Waals surface area (Å²) in [6.07, 6.45) is 7.47. The topological polar surface area (TPSA) is 124 Å². The lowest BCUT2D eigenvalue weighted by molar-refractivity contribution is 0.380. The first-order valence-corrected chi connectivity index (χ1v) is 13.6. The van der Waals surface area contributed by atoms with Gasteiger partial charge in [-0.25, -0.2) is 18.4 Å². The average molecular weight is 522 g/mol. The van der Waals surface area contributed by atoms with Crippen LogP contribution in [0.5, 0.6) is 5.88 Å². The molecule has 1 aliphatic carbocycles. The Kier molecular flexibility index (Phi) is 7.90. The number of anilines is 3. The van der Waals surface area contributed by atoms with E-state index in [0.717, 1.165) is 34.0 Å². The fourth-order valence-electron chi connectivity index (χ4n) is 4.27. The minimum absolute atomic E-state index is 0.375. The minimum Gasteiger partial charge on any atom is -0.439 e. The summed E-state index contributed by atoms with van der Waals surface area (Å²) in [5, 5.41) is 11.7. The van der Waals surface area contributed by atoms with Gasteiger partial charge in [-0.15, -0.1) is 0 Å². The van der Waals surface area contributed by atoms with Crippen LogP contribution in [-0.4, -0.2) is 59.1 Å². The molecule has 0 amide bonds. The van der Waals surface area contributed by atoms with Crippen molar-refractivity contribution in [3.05, 3.63) is 65.2 Å². The maximum Gasteiger partial charge on any atom is 0.230 e. The molecule has 0 unspecified atom stereocenters. The van der Waals surface area contributed by atoms with E-state index in [1.54, 1.807) is 42.7 Å². The summed E-state index contributed by atoms with van der Waals surface area (Å²) < 4.78 is 32.4. The summed E-state index contributed by atoms with van der Waals surface area (Å²) in [6.45, 7) is 9.41. The monoisotopic (exact) mass is 521 g/mol. The highest BCUT2D eigenvalue weighted by atomic mass is 32.2. The maximum absolute atomic E-state index is 12.4. The molecule has 0 aromatic carbocycles. The van der Waals surface area contributed by atoms with E-state index in [1.807, 2.05) is 32.1 Å². The van der Waals surface area contributed by atoms with Gasteiger partial charge in [0.25, 0.3) is 0 Å². The largest absolute Gasteiger partial charge is 0.439 e. The van der Waals surface area contributed by atoms with Crippen molar-refractivity contribution in [2.45, 2.75) is 39.4 Å². The molecule has 0 radical (unpaired) electrons. The molecular formula is C26H31N7O3S. The summed E-state index contributed by atoms with van der Waals surface area (Å²) >= 11 is 0. The van der Waals surface area contributed by atoms with E-state index < -0.39 is 15.3 Å². The van der Waals surface area contributed by atoms with Gasteiger partial charge in [0.1, 0.15) is 11.6 Å². The maximum atomic E-state index is 12.4. The van der Waals surface area contributed by atoms with Crippen molar-refractivity contribution in [1.29, 1.82) is 5.26 Å². The molecule has 2 aromatic heterocycles. The fourth-order valence-corrected chi connectivity index (χ4v) is 5.54. The zero-order chi connectivity index (χ0) is 26.6. The third kappa shape index (κ3) is 6.15. The number of ether oxygens (including phenoxy) is 1. The van der Waals surface area contributed by atoms with Crippen LogP contribution in [-0.2, 0) is 10.0 Å². The molecule has 37 heavy (non-hydrogen) atoms. The smallest absolute Gasteiger partial charge is 0.230 e. The zero-order valence-electron chi connectivity index (χ0n) is 21.5. The highest BCUT2D eigenvalue weighted by Gasteiger charge is 2.29. The van der Waals surface area contributed by atoms with Gasteiger partial charge in [-0.2, -0.15) is 14.6 Å². The van der Waals surface area contributed by atoms with E-state index in [0.29, 0.717) is 44.4 Å². The van der Waals surface area contributed by atoms with Crippen LogP contribution in [0.2, 0.25) is 0 Å². The van der Waals surface area contributed by atoms with Crippen LogP contribution < -0.4 is 15.0 Å². The molecule has 0 spiro atoms. The molecule has 0 saturated carbocycles. The van der Waals surface area contributed by atoms with Crippen LogP contribution in [0.25, 0.3) is 0 Å². The quantitative estimate of drug-likeness (QED) is 0.540. The zero-order valence-corrected chi connectivity index (χ0v) is 22.3. The fraction of sp³-hybridized carbons (Fsp3) is 0.385. The number of nitrogens with one attached hydrogen (secondary N) is 1. The number of hydrogen-bond acceptors (Lipinski definition) is 9. The Labute approximate surface area is 218 Å². The Hall–Kier alpha value is -3.75. The number of sulfonamides is 1. The highest BCUT2D eigenvalue weighted by molar-refractivity contribution is 7.89. The number of hydrogen-bond donors (Lipinski definition) is 1. The van der Waals surface area contributed by atoms with Gasteiger partial charge in [-0.3, -0.25) is 0 Å². The van der Waals surface area contributed by atoms with E-state index in [9.17, 15) is 8.42 Å². The highest BCUT2D eigenvalue weighted by Crippen LogP contribution is 2.30. The Morgan fingerprint density at radius 2 is 1.89 bits per heavy atom. The first-order chi connectivity index (χ1) is 17.7. The van der Waals surface area contributed by atoms with Crippen LogP contribution in [0.15, 0.2) is 65.2 Å². The average Bonchev–Trinajstić information content (AvgIpc) is 2.87. The van der Waals surface area contributed by atoms with Crippen molar-refractivity contribution in [2.75, 3.05) is 36.4 Å². The first-order valence-electron chi connectivity index (χ1n) is 12.1. The van der Waals surface area contributed by atoms with Gasteiger partial charge in [0.2, 0.25) is 21.9 Å². The number of allylic oxidation sites excluding steroid dienone is 5. The molecule has 3 heterocycles. The predicted molar refractivity (Wildman–Crippen MR) is 143 cm³/mol. The molecule has 0 bridgehead atoms. The molecule has 4 rings (SSSR count). The van der Waals surface area contributed by atoms with Crippen LogP contribution >= 0.6 is 0 Å². The van der Waals surface area contributed by atoms with Crippen molar-refractivity contribution in [2.24, 2.45) is 0 Å². The Balaban J connectivity index is 1.38. The van der Waals surface area contributed by atoms with Crippen LogP contribution in [0.4, 0.5) is 17.5 Å². The number of rotatable bonds is 7. The Morgan fingerprint density at radius 3 is 2.51 bits per heavy atom. The third-order valence-corrected chi connectivity index (χ3v) is 8.50. The molecular weight excluding hydrogens is 490 g/mol. The van der Waals surface area contributed by atoms with Gasteiger partial charge in [0.15, 0.2) is 0 Å². The van der Waals surface area contributed by atoms with E-state index in [1.165, 1.54) is 0 Å². The van der Waals surface area contributed by atoms with E-state index in [4.69, 9.17) is 10.00 Å². The number of aromatic nitrogens is 3. The minimum atomic E-state index is -3.24. The van der Waals surface area contributed by atoms with E-state index in [-0.39, 0.29) is 0 Å². The normalized spacial score (nSPS) is 18.1. The number of nitrogens with zero attached hydrogens (tertiary/aromatic N) is 6. The molecule has 2 aromatic rings. The predicted octanol–water partition coefficient (Wildman–Crippen LogP) is 3.93. The van der Waals surface area contributed by atoms with Gasteiger partial charge < -0.3 is 15.0 Å². The van der Waals surface area contributed by atoms with Crippen molar-refractivity contribution in [1.82, 2.24) is 19.3 Å². The summed E-state index contributed by atoms with van der Waals surface area (Å²) in [5.41, 5.74) is 3.63.